The fraction of sp³-hybridized carbons (Fsp3) is 0.0286. The minimum Gasteiger partial charge on any atom is -0.456 e. The predicted octanol–water partition coefficient (Wildman–Crippen LogP) is 20.8. The number of fused-ring (bicyclic) bond motifs is 15. The van der Waals surface area contributed by atoms with Gasteiger partial charge in [-0.1, -0.05) is 353 Å². The van der Waals surface area contributed by atoms with E-state index in [4.69, 9.17) is 4.57 Å². The smallest absolute Gasteiger partial charge is 0.418 e. The summed E-state index contributed by atoms with van der Waals surface area (Å²) in [5.74, 6) is 13.6. The normalized spacial score (nSPS) is 16.4. The molecule has 2 aromatic heterocycles. The monoisotopic (exact) mass is 1620 g/mol. The van der Waals surface area contributed by atoms with Crippen LogP contribution in [0.2, 0.25) is 0 Å². The molecule has 0 saturated carbocycles. The molecule has 0 spiro atoms. The molecule has 25 rings (SSSR count). The second-order valence-corrected chi connectivity index (χ2v) is 35.0. The van der Waals surface area contributed by atoms with Gasteiger partial charge in [-0.2, -0.15) is 11.5 Å². The number of hydrogen-bond donors (Lipinski definition) is 0. The molecule has 3 fully saturated rings. The number of nitrogens with zero attached hydrogens (tertiary/aromatic N) is 9. The van der Waals surface area contributed by atoms with E-state index < -0.39 is 0 Å². The number of para-hydroxylation sites is 4. The largest absolute Gasteiger partial charge is 0.456 e. The fourth-order valence-corrected chi connectivity index (χ4v) is 21.7. The first kappa shape index (κ1) is 75.8. The van der Waals surface area contributed by atoms with Crippen molar-refractivity contribution in [2.75, 3.05) is 4.72 Å². The van der Waals surface area contributed by atoms with Crippen molar-refractivity contribution in [2.45, 2.75) is 19.3 Å². The molecule has 1 aliphatic carbocycles. The SMILES string of the molecule is C1=CB2N(C=C1)B(c1ccccc1)N1C=CC=CB1N2c1cccc(-n2c3ccccc3c3ccccc32)c1.C1=CB2OB3C=CC=CN3B(c3ccc(-c4ccc5c6ccccc6n(-c6ccccc6)c5c4)cc3)N2C=C1.CC1(C)c2ccccc2-c2ccc(-c3ccc(B4N5C=C(c6ccccc6)C=CB5SB5C=CC(c6ccccc6)=CN54)cc3)cc21. The van der Waals surface area contributed by atoms with E-state index >= 15 is 0 Å². The van der Waals surface area contributed by atoms with Crippen molar-refractivity contribution < 1.29 is 4.57 Å². The van der Waals surface area contributed by atoms with Crippen LogP contribution >= 0.6 is 11.5 Å². The van der Waals surface area contributed by atoms with Gasteiger partial charge in [-0.3, -0.25) is 0 Å². The van der Waals surface area contributed by atoms with Crippen molar-refractivity contribution in [3.05, 3.63) is 484 Å². The fourth-order valence-electron chi connectivity index (χ4n) is 20.4. The minimum absolute atomic E-state index is 0.0131. The van der Waals surface area contributed by atoms with Gasteiger partial charge in [0.05, 0.1) is 22.1 Å². The summed E-state index contributed by atoms with van der Waals surface area (Å²) in [5, 5.41) is 5.10. The quantitative estimate of drug-likeness (QED) is 0.125. The van der Waals surface area contributed by atoms with E-state index in [1.807, 2.05) is 11.5 Å². The number of anilines is 1. The Kier molecular flexibility index (Phi) is 19.4. The van der Waals surface area contributed by atoms with Gasteiger partial charge in [-0.05, 0) is 205 Å². The highest BCUT2D eigenvalue weighted by Crippen LogP contribution is 2.50. The minimum atomic E-state index is -0.0839. The van der Waals surface area contributed by atoms with Crippen molar-refractivity contribution >= 4 is 150 Å². The summed E-state index contributed by atoms with van der Waals surface area (Å²) < 4.78 is 28.2. The number of hydrogen-bond acceptors (Lipinski definition) is 9. The zero-order valence-electron chi connectivity index (χ0n) is 69.4. The second kappa shape index (κ2) is 31.9. The molecule has 125 heavy (non-hydrogen) atoms. The Bertz CT molecular complexity index is 6910. The molecule has 0 bridgehead atoms. The Labute approximate surface area is 738 Å². The van der Waals surface area contributed by atoms with E-state index in [0.29, 0.717) is 0 Å². The van der Waals surface area contributed by atoms with Crippen molar-refractivity contribution in [1.29, 1.82) is 0 Å². The van der Waals surface area contributed by atoms with E-state index in [0.717, 1.165) is 0 Å². The molecular formula is C105H82B9N9OS. The van der Waals surface area contributed by atoms with Crippen LogP contribution in [0.3, 0.4) is 0 Å². The van der Waals surface area contributed by atoms with Gasteiger partial charge >= 0.3 is 61.3 Å². The summed E-state index contributed by atoms with van der Waals surface area (Å²) >= 11 is 1.99. The van der Waals surface area contributed by atoms with Gasteiger partial charge in [-0.15, -0.1) is 0 Å². The molecule has 0 N–H and O–H groups in total. The molecule has 15 aromatic rings. The topological polar surface area (TPSA) is 41.8 Å². The molecular weight excluding hydrogens is 1530 g/mol. The summed E-state index contributed by atoms with van der Waals surface area (Å²) in [7, 11) is -0.168. The van der Waals surface area contributed by atoms with E-state index in [-0.39, 0.29) is 66.7 Å². The first-order chi connectivity index (χ1) is 61.8. The molecule has 20 heteroatoms. The summed E-state index contributed by atoms with van der Waals surface area (Å²) in [5.41, 5.74) is 27.6. The van der Waals surface area contributed by atoms with Gasteiger partial charge in [0.1, 0.15) is 0 Å². The molecule has 586 valence electrons. The highest BCUT2D eigenvalue weighted by molar-refractivity contribution is 8.46. The standard InChI is InChI=1S/C41H33B3N2S.C32H25B3N4.C32H24B3N3O/c1-41(2)39-16-10-9-15-37(39)38-22-19-33(27-40(38)41)32-17-20-36(21-18-32)44-45-28-34(30-11-5-3-6-12-30)23-25-42(45)47-43-26-24-35(29-46(43)44)31-13-7-4-8-14-31;1-2-13-26(14-3-1)35-36-23-10-8-21-33(36)39(34-22-9-11-24-37(34)35)28-16-12-15-27(25-28)38-31-19-6-4-17-29(31)30-18-5-7-20-32(30)38;1-2-10-28(11-3-1)38-31-13-5-4-12-29(31)30-19-16-26(24-32(30)38)25-14-17-27(18-15-25)35-36-22-8-6-20-33(36)39-34-21-7-9-23-37(34)35/h3-29H,1-2H3;1-25H;1-24H. The Balaban J connectivity index is 0.000000109. The molecule has 11 heterocycles. The van der Waals surface area contributed by atoms with Gasteiger partial charge in [0.25, 0.3) is 0 Å². The average Bonchev–Trinajstić information content (AvgIpc) is 1.55. The first-order valence-electron chi connectivity index (χ1n) is 43.5. The third kappa shape index (κ3) is 13.5. The lowest BCUT2D eigenvalue weighted by Crippen LogP contribution is -2.78. The molecule has 10 nitrogen and oxygen atoms in total. The third-order valence-electron chi connectivity index (χ3n) is 26.3. The number of allylic oxidation sites excluding steroid dienone is 12. The average molecular weight is 1620 g/mol. The molecule has 3 saturated heterocycles. The van der Waals surface area contributed by atoms with Crippen LogP contribution in [-0.2, 0) is 9.99 Å². The Morgan fingerprint density at radius 3 is 1.25 bits per heavy atom. The van der Waals surface area contributed by atoms with Crippen LogP contribution in [0.5, 0.6) is 0 Å². The molecule has 0 amide bonds. The molecule has 0 radical (unpaired) electrons. The lowest BCUT2D eigenvalue weighted by atomic mass is 9.40. The summed E-state index contributed by atoms with van der Waals surface area (Å²) in [4.78, 5) is 0. The van der Waals surface area contributed by atoms with Gasteiger partial charge in [-0.25, -0.2) is 0 Å². The molecule has 0 atom stereocenters. The first-order valence-corrected chi connectivity index (χ1v) is 44.4. The van der Waals surface area contributed by atoms with Gasteiger partial charge < -0.3 is 46.8 Å². The van der Waals surface area contributed by atoms with Crippen LogP contribution in [0.25, 0.3) is 99.5 Å². The maximum absolute atomic E-state index is 6.33. The second-order valence-electron chi connectivity index (χ2n) is 33.8. The molecule has 0 unspecified atom stereocenters. The predicted molar refractivity (Wildman–Crippen MR) is 536 cm³/mol. The van der Waals surface area contributed by atoms with Crippen LogP contribution in [0.1, 0.15) is 36.1 Å². The van der Waals surface area contributed by atoms with Crippen LogP contribution in [0.15, 0.2) is 461 Å². The molecule has 13 aromatic carbocycles. The summed E-state index contributed by atoms with van der Waals surface area (Å²) in [6.07, 6.45) is 35.4. The van der Waals surface area contributed by atoms with Gasteiger partial charge in [0.15, 0.2) is 0 Å². The van der Waals surface area contributed by atoms with Crippen molar-refractivity contribution in [3.63, 3.8) is 0 Å². The molecule has 9 aliphatic heterocycles. The Morgan fingerprint density at radius 1 is 0.280 bits per heavy atom. The van der Waals surface area contributed by atoms with Gasteiger partial charge in [0, 0.05) is 44.0 Å². The van der Waals surface area contributed by atoms with Crippen molar-refractivity contribution in [2.24, 2.45) is 0 Å². The van der Waals surface area contributed by atoms with Gasteiger partial charge in [0.2, 0.25) is 0 Å². The van der Waals surface area contributed by atoms with E-state index in [1.54, 1.807) is 0 Å². The third-order valence-corrected chi connectivity index (χ3v) is 27.7. The van der Waals surface area contributed by atoms with E-state index in [9.17, 15) is 0 Å². The van der Waals surface area contributed by atoms with Crippen LogP contribution in [0, 0.1) is 0 Å². The lowest BCUT2D eigenvalue weighted by molar-refractivity contribution is 0.475. The number of aromatic nitrogens is 2. The van der Waals surface area contributed by atoms with Crippen LogP contribution < -0.4 is 21.1 Å². The van der Waals surface area contributed by atoms with E-state index in [2.05, 4.69) is 517 Å². The molecule has 10 aliphatic rings. The maximum Gasteiger partial charge on any atom is 0.418 e. The van der Waals surface area contributed by atoms with Crippen LogP contribution in [-0.4, -0.2) is 98.7 Å². The van der Waals surface area contributed by atoms with Crippen molar-refractivity contribution in [3.8, 4) is 44.8 Å². The van der Waals surface area contributed by atoms with Crippen LogP contribution in [0.4, 0.5) is 5.69 Å². The zero-order valence-corrected chi connectivity index (χ0v) is 70.2. The summed E-state index contributed by atoms with van der Waals surface area (Å²) in [6, 6.07) is 119. The number of benzene rings is 13. The zero-order chi connectivity index (χ0) is 83.1. The maximum atomic E-state index is 6.33. The highest BCUT2D eigenvalue weighted by atomic mass is 32.2. The van der Waals surface area contributed by atoms with Crippen molar-refractivity contribution in [1.82, 2.24) is 37.5 Å². The summed E-state index contributed by atoms with van der Waals surface area (Å²) in [6.45, 7) is 5.05. The highest BCUT2D eigenvalue weighted by Gasteiger charge is 2.53. The lowest BCUT2D eigenvalue weighted by Gasteiger charge is -2.54. The number of rotatable bonds is 10. The Morgan fingerprint density at radius 2 is 0.688 bits per heavy atom. The van der Waals surface area contributed by atoms with E-state index in [1.165, 1.54) is 144 Å². The Hall–Kier alpha value is -14.2.